The van der Waals surface area contributed by atoms with Gasteiger partial charge in [0.25, 0.3) is 0 Å². The van der Waals surface area contributed by atoms with Crippen LogP contribution in [-0.2, 0) is 25.7 Å². The van der Waals surface area contributed by atoms with Crippen LogP contribution in [0.25, 0.3) is 0 Å². The summed E-state index contributed by atoms with van der Waals surface area (Å²) >= 11 is 0. The summed E-state index contributed by atoms with van der Waals surface area (Å²) < 4.78 is 16.7. The maximum Gasteiger partial charge on any atom is 0.317 e. The van der Waals surface area contributed by atoms with Gasteiger partial charge >= 0.3 is 5.97 Å². The number of carboxylic acids is 1. The Bertz CT molecular complexity index is 1490. The maximum absolute atomic E-state index is 12.8. The Hall–Kier alpha value is -4.20. The number of carboxylic acid groups (broad SMARTS) is 1. The second kappa shape index (κ2) is 22.9. The normalized spacial score (nSPS) is 18.3. The first-order valence-electron chi connectivity index (χ1n) is 19.7. The number of nitrogens with one attached hydrogen (secondary N) is 2. The zero-order chi connectivity index (χ0) is 38.7. The third-order valence-corrected chi connectivity index (χ3v) is 10.5. The fourth-order valence-electron chi connectivity index (χ4n) is 7.50. The molecule has 3 fully saturated rings. The van der Waals surface area contributed by atoms with E-state index >= 15 is 0 Å². The number of carbonyl (C=O) groups is 4. The number of aliphatic carboxylic acids is 1. The largest absolute Gasteiger partial charge is 0.497 e. The third-order valence-electron chi connectivity index (χ3n) is 10.5. The summed E-state index contributed by atoms with van der Waals surface area (Å²) in [6, 6.07) is 13.1. The number of amides is 3. The van der Waals surface area contributed by atoms with Gasteiger partial charge < -0.3 is 40.6 Å². The first kappa shape index (κ1) is 42.5. The van der Waals surface area contributed by atoms with Gasteiger partial charge in [0, 0.05) is 68.8 Å². The van der Waals surface area contributed by atoms with Crippen molar-refractivity contribution in [2.24, 2.45) is 11.7 Å². The molecule has 298 valence electrons. The Labute approximate surface area is 320 Å². The highest BCUT2D eigenvalue weighted by atomic mass is 16.5. The Morgan fingerprint density at radius 2 is 1.72 bits per heavy atom. The number of benzene rings is 2. The van der Waals surface area contributed by atoms with Gasteiger partial charge in [-0.25, -0.2) is 0 Å². The molecule has 1 unspecified atom stereocenters. The fourth-order valence-corrected chi connectivity index (χ4v) is 7.50. The van der Waals surface area contributed by atoms with Crippen molar-refractivity contribution in [1.82, 2.24) is 20.4 Å². The summed E-state index contributed by atoms with van der Waals surface area (Å²) in [4.78, 5) is 50.6. The Kier molecular flexibility index (Phi) is 18.0. The summed E-state index contributed by atoms with van der Waals surface area (Å²) in [5.41, 5.74) is 7.95. The summed E-state index contributed by atoms with van der Waals surface area (Å²) in [6.45, 7) is 7.45. The van der Waals surface area contributed by atoms with Crippen LogP contribution in [0.1, 0.15) is 98.5 Å². The van der Waals surface area contributed by atoms with Gasteiger partial charge in [-0.3, -0.25) is 24.1 Å². The van der Waals surface area contributed by atoms with Gasteiger partial charge in [-0.15, -0.1) is 0 Å². The van der Waals surface area contributed by atoms with Gasteiger partial charge in [0.15, 0.2) is 0 Å². The van der Waals surface area contributed by atoms with E-state index in [1.165, 1.54) is 32.1 Å². The number of nitrogens with two attached hydrogens (primary N) is 1. The van der Waals surface area contributed by atoms with Gasteiger partial charge in [-0.05, 0) is 75.1 Å². The molecule has 2 aliphatic heterocycles. The summed E-state index contributed by atoms with van der Waals surface area (Å²) in [5.74, 6) is 1.30. The van der Waals surface area contributed by atoms with Crippen LogP contribution in [0.3, 0.4) is 0 Å². The maximum atomic E-state index is 12.8. The average Bonchev–Trinajstić information content (AvgIpc) is 3.18. The molecule has 2 aromatic carbocycles. The standard InChI is InChI=1S/C24H31N3O4.C17H30N2O4/c1-3-31-22-13-21(30-2)10-9-19(22)14-26-15-23(28)27-11-5-8-20(16-27)17-6-4-7-18(12-17)24(25)29;20-16(12-14-4-2-1-3-5-14)18-8-11-23-15-6-9-19(10-7-15)13-17(21)22/h4,6-7,9-10,12-13,20,26H,3,5,8,11,14-16H2,1-2H3,(H2,25,29);14-15H,1-13H2,(H,18,20)(H,21,22). The second-order valence-corrected chi connectivity index (χ2v) is 14.5. The van der Waals surface area contributed by atoms with Crippen LogP contribution in [0, 0.1) is 5.92 Å². The molecule has 3 aliphatic rings. The third kappa shape index (κ3) is 14.6. The van der Waals surface area contributed by atoms with Crippen molar-refractivity contribution >= 4 is 23.7 Å². The number of ether oxygens (including phenoxy) is 3. The van der Waals surface area contributed by atoms with Gasteiger partial charge in [-0.1, -0.05) is 37.5 Å². The molecule has 5 rings (SSSR count). The smallest absolute Gasteiger partial charge is 0.317 e. The molecule has 2 heterocycles. The predicted molar refractivity (Wildman–Crippen MR) is 207 cm³/mol. The van der Waals surface area contributed by atoms with Gasteiger partial charge in [0.1, 0.15) is 11.5 Å². The molecular weight excluding hydrogens is 690 g/mol. The predicted octanol–water partition coefficient (Wildman–Crippen LogP) is 4.33. The van der Waals surface area contributed by atoms with E-state index in [0.717, 1.165) is 67.9 Å². The van der Waals surface area contributed by atoms with E-state index in [0.29, 0.717) is 50.8 Å². The summed E-state index contributed by atoms with van der Waals surface area (Å²) in [5, 5.41) is 15.0. The van der Waals surface area contributed by atoms with Crippen LogP contribution in [-0.4, -0.2) is 111 Å². The molecule has 13 nitrogen and oxygen atoms in total. The summed E-state index contributed by atoms with van der Waals surface area (Å²) in [6.07, 6.45) is 10.7. The molecule has 0 aromatic heterocycles. The van der Waals surface area contributed by atoms with Crippen LogP contribution in [0.2, 0.25) is 0 Å². The van der Waals surface area contributed by atoms with E-state index in [1.54, 1.807) is 13.2 Å². The quantitative estimate of drug-likeness (QED) is 0.171. The van der Waals surface area contributed by atoms with Crippen LogP contribution < -0.4 is 25.8 Å². The number of primary amides is 1. The van der Waals surface area contributed by atoms with E-state index in [4.69, 9.17) is 25.1 Å². The first-order chi connectivity index (χ1) is 26.1. The molecule has 1 saturated carbocycles. The molecule has 0 spiro atoms. The highest BCUT2D eigenvalue weighted by molar-refractivity contribution is 5.93. The van der Waals surface area contributed by atoms with Crippen LogP contribution >= 0.6 is 0 Å². The minimum absolute atomic E-state index is 0.0715. The van der Waals surface area contributed by atoms with Crippen LogP contribution in [0.5, 0.6) is 11.5 Å². The zero-order valence-electron chi connectivity index (χ0n) is 32.2. The number of rotatable bonds is 17. The van der Waals surface area contributed by atoms with Crippen molar-refractivity contribution < 1.29 is 38.5 Å². The number of hydrogen-bond donors (Lipinski definition) is 4. The van der Waals surface area contributed by atoms with Crippen molar-refractivity contribution in [1.29, 1.82) is 0 Å². The molecule has 13 heteroatoms. The number of nitrogens with zero attached hydrogens (tertiary/aromatic N) is 2. The first-order valence-corrected chi connectivity index (χ1v) is 19.7. The SMILES string of the molecule is CCOc1cc(OC)ccc1CNCC(=O)N1CCCC(c2cccc(C(N)=O)c2)C1.O=C(O)CN1CCC(OCCNC(=O)CC2CCCCC2)CC1. The summed E-state index contributed by atoms with van der Waals surface area (Å²) in [7, 11) is 1.62. The molecule has 54 heavy (non-hydrogen) atoms. The highest BCUT2D eigenvalue weighted by Crippen LogP contribution is 2.29. The highest BCUT2D eigenvalue weighted by Gasteiger charge is 2.25. The van der Waals surface area contributed by atoms with Crippen molar-refractivity contribution in [3.05, 3.63) is 59.2 Å². The van der Waals surface area contributed by atoms with Crippen LogP contribution in [0.4, 0.5) is 0 Å². The number of likely N-dealkylation sites (tertiary alicyclic amines) is 2. The van der Waals surface area contributed by atoms with Gasteiger partial charge in [-0.2, -0.15) is 0 Å². The molecule has 5 N–H and O–H groups in total. The Balaban J connectivity index is 0.000000252. The van der Waals surface area contributed by atoms with E-state index in [2.05, 4.69) is 10.6 Å². The van der Waals surface area contributed by atoms with Crippen LogP contribution in [0.15, 0.2) is 42.5 Å². The number of carbonyl (C=O) groups excluding carboxylic acids is 3. The van der Waals surface area contributed by atoms with Gasteiger partial charge in [0.2, 0.25) is 17.7 Å². The van der Waals surface area contributed by atoms with Crippen molar-refractivity contribution in [2.75, 3.05) is 66.1 Å². The lowest BCUT2D eigenvalue weighted by Gasteiger charge is -2.33. The molecule has 1 atom stereocenters. The van der Waals surface area contributed by atoms with E-state index in [1.807, 2.05) is 53.1 Å². The van der Waals surface area contributed by atoms with E-state index in [9.17, 15) is 19.2 Å². The lowest BCUT2D eigenvalue weighted by atomic mass is 9.87. The lowest BCUT2D eigenvalue weighted by Crippen LogP contribution is -2.43. The topological polar surface area (TPSA) is 173 Å². The molecule has 1 aliphatic carbocycles. The minimum atomic E-state index is -0.773. The van der Waals surface area contributed by atoms with E-state index in [-0.39, 0.29) is 36.9 Å². The lowest BCUT2D eigenvalue weighted by molar-refractivity contribution is -0.139. The van der Waals surface area contributed by atoms with E-state index < -0.39 is 11.9 Å². The monoisotopic (exact) mass is 751 g/mol. The fraction of sp³-hybridized carbons (Fsp3) is 0.610. The van der Waals surface area contributed by atoms with Crippen molar-refractivity contribution in [2.45, 2.75) is 89.7 Å². The number of hydrogen-bond acceptors (Lipinski definition) is 9. The molecule has 0 radical (unpaired) electrons. The Morgan fingerprint density at radius 3 is 2.43 bits per heavy atom. The molecule has 2 saturated heterocycles. The van der Waals surface area contributed by atoms with Crippen molar-refractivity contribution in [3.8, 4) is 11.5 Å². The van der Waals surface area contributed by atoms with Crippen molar-refractivity contribution in [3.63, 3.8) is 0 Å². The zero-order valence-corrected chi connectivity index (χ0v) is 32.2. The molecule has 3 amide bonds. The average molecular weight is 752 g/mol. The molecular formula is C41H61N5O8. The molecule has 2 aromatic rings. The second-order valence-electron chi connectivity index (χ2n) is 14.5. The minimum Gasteiger partial charge on any atom is -0.497 e. The number of methoxy groups -OCH3 is 1. The number of piperidine rings is 2. The Morgan fingerprint density at radius 1 is 0.944 bits per heavy atom. The molecule has 0 bridgehead atoms. The van der Waals surface area contributed by atoms with Gasteiger partial charge in [0.05, 0.1) is 39.5 Å².